The number of rotatable bonds is 5. The van der Waals surface area contributed by atoms with Gasteiger partial charge in [-0.1, -0.05) is 13.3 Å². The predicted molar refractivity (Wildman–Crippen MR) is 67.9 cm³/mol. The van der Waals surface area contributed by atoms with Crippen LogP contribution in [-0.4, -0.2) is 23.2 Å². The first-order chi connectivity index (χ1) is 7.69. The first-order valence-corrected chi connectivity index (χ1v) is 6.71. The molecule has 1 heterocycles. The molecule has 1 N–H and O–H groups in total. The third-order valence-electron chi connectivity index (χ3n) is 2.31. The molecule has 0 saturated carbocycles. The second-order valence-corrected chi connectivity index (χ2v) is 4.52. The van der Waals surface area contributed by atoms with Crippen molar-refractivity contribution in [2.75, 3.05) is 6.26 Å². The van der Waals surface area contributed by atoms with Crippen molar-refractivity contribution in [2.45, 2.75) is 37.8 Å². The summed E-state index contributed by atoms with van der Waals surface area (Å²) in [6, 6.07) is 3.82. The maximum Gasteiger partial charge on any atom is 0.254 e. The first-order valence-electron chi connectivity index (χ1n) is 5.49. The van der Waals surface area contributed by atoms with Gasteiger partial charge in [0.2, 0.25) is 0 Å². The van der Waals surface area contributed by atoms with Crippen molar-refractivity contribution in [3.8, 4) is 0 Å². The minimum atomic E-state index is -0.0293. The van der Waals surface area contributed by atoms with Gasteiger partial charge >= 0.3 is 0 Å². The molecule has 0 radical (unpaired) electrons. The molecule has 4 heteroatoms. The van der Waals surface area contributed by atoms with E-state index in [1.807, 2.05) is 19.2 Å². The zero-order valence-electron chi connectivity index (χ0n) is 9.99. The topological polar surface area (TPSA) is 42.0 Å². The maximum atomic E-state index is 11.9. The molecular formula is C12H18N2OS. The molecule has 0 bridgehead atoms. The molecule has 0 spiro atoms. The lowest BCUT2D eigenvalue weighted by molar-refractivity contribution is 0.0934. The Balaban J connectivity index is 2.72. The molecular weight excluding hydrogens is 220 g/mol. The van der Waals surface area contributed by atoms with Gasteiger partial charge in [-0.2, -0.15) is 0 Å². The average Bonchev–Trinajstić information content (AvgIpc) is 2.29. The number of aromatic nitrogens is 1. The van der Waals surface area contributed by atoms with Gasteiger partial charge in [-0.25, -0.2) is 4.98 Å². The van der Waals surface area contributed by atoms with Gasteiger partial charge in [0.15, 0.2) is 0 Å². The minimum Gasteiger partial charge on any atom is -0.350 e. The van der Waals surface area contributed by atoms with Crippen LogP contribution in [0.4, 0.5) is 0 Å². The van der Waals surface area contributed by atoms with Crippen molar-refractivity contribution in [1.82, 2.24) is 10.3 Å². The van der Waals surface area contributed by atoms with E-state index in [2.05, 4.69) is 17.2 Å². The van der Waals surface area contributed by atoms with Crippen LogP contribution in [0.2, 0.25) is 0 Å². The molecule has 0 aromatic carbocycles. The van der Waals surface area contributed by atoms with E-state index in [0.717, 1.165) is 17.9 Å². The summed E-state index contributed by atoms with van der Waals surface area (Å²) in [5.74, 6) is -0.0293. The molecule has 16 heavy (non-hydrogen) atoms. The van der Waals surface area contributed by atoms with E-state index < -0.39 is 0 Å². The Kier molecular flexibility index (Phi) is 5.32. The highest BCUT2D eigenvalue weighted by Crippen LogP contribution is 2.16. The van der Waals surface area contributed by atoms with Crippen LogP contribution < -0.4 is 5.32 Å². The molecule has 0 aliphatic carbocycles. The Labute approximate surface area is 101 Å². The van der Waals surface area contributed by atoms with E-state index >= 15 is 0 Å². The van der Waals surface area contributed by atoms with Crippen molar-refractivity contribution >= 4 is 17.7 Å². The molecule has 1 rings (SSSR count). The standard InChI is InChI=1S/C12H18N2OS/c1-4-6-9(2)14-11(15)10-7-5-8-13-12(10)16-3/h5,7-9H,4,6H2,1-3H3,(H,14,15)/t9-/m1/s1. The SMILES string of the molecule is CCC[C@@H](C)NC(=O)c1cccnc1SC. The van der Waals surface area contributed by atoms with E-state index in [-0.39, 0.29) is 11.9 Å². The van der Waals surface area contributed by atoms with Gasteiger partial charge in [0.25, 0.3) is 5.91 Å². The van der Waals surface area contributed by atoms with Crippen LogP contribution in [0.5, 0.6) is 0 Å². The van der Waals surface area contributed by atoms with Crippen molar-refractivity contribution in [2.24, 2.45) is 0 Å². The van der Waals surface area contributed by atoms with E-state index in [0.29, 0.717) is 5.56 Å². The third-order valence-corrected chi connectivity index (χ3v) is 3.02. The summed E-state index contributed by atoms with van der Waals surface area (Å²) in [5.41, 5.74) is 0.665. The molecule has 0 saturated heterocycles. The van der Waals surface area contributed by atoms with Crippen molar-refractivity contribution in [3.05, 3.63) is 23.9 Å². The normalized spacial score (nSPS) is 12.2. The highest BCUT2D eigenvalue weighted by molar-refractivity contribution is 7.98. The molecule has 0 aliphatic heterocycles. The van der Waals surface area contributed by atoms with E-state index in [1.54, 1.807) is 12.3 Å². The number of carbonyl (C=O) groups is 1. The highest BCUT2D eigenvalue weighted by Gasteiger charge is 2.13. The van der Waals surface area contributed by atoms with Crippen molar-refractivity contribution in [1.29, 1.82) is 0 Å². The number of nitrogens with zero attached hydrogens (tertiary/aromatic N) is 1. The Bertz CT molecular complexity index is 355. The van der Waals surface area contributed by atoms with Crippen LogP contribution in [0.1, 0.15) is 37.0 Å². The summed E-state index contributed by atoms with van der Waals surface area (Å²) in [5, 5.41) is 3.76. The molecule has 0 unspecified atom stereocenters. The van der Waals surface area contributed by atoms with Crippen LogP contribution >= 0.6 is 11.8 Å². The lowest BCUT2D eigenvalue weighted by Gasteiger charge is -2.13. The van der Waals surface area contributed by atoms with E-state index in [9.17, 15) is 4.79 Å². The number of nitrogens with one attached hydrogen (secondary N) is 1. The van der Waals surface area contributed by atoms with Crippen molar-refractivity contribution < 1.29 is 4.79 Å². The van der Waals surface area contributed by atoms with Crippen LogP contribution in [-0.2, 0) is 0 Å². The number of pyridine rings is 1. The molecule has 3 nitrogen and oxygen atoms in total. The average molecular weight is 238 g/mol. The third kappa shape index (κ3) is 3.52. The van der Waals surface area contributed by atoms with Crippen LogP contribution in [0.15, 0.2) is 23.4 Å². The zero-order valence-corrected chi connectivity index (χ0v) is 10.8. The largest absolute Gasteiger partial charge is 0.350 e. The fraction of sp³-hybridized carbons (Fsp3) is 0.500. The first kappa shape index (κ1) is 13.0. The molecule has 1 amide bonds. The van der Waals surface area contributed by atoms with Gasteiger partial charge in [0.05, 0.1) is 5.56 Å². The number of amides is 1. The number of hydrogen-bond donors (Lipinski definition) is 1. The van der Waals surface area contributed by atoms with Crippen molar-refractivity contribution in [3.63, 3.8) is 0 Å². The van der Waals surface area contributed by atoms with Gasteiger partial charge in [-0.15, -0.1) is 11.8 Å². The summed E-state index contributed by atoms with van der Waals surface area (Å²) < 4.78 is 0. The van der Waals surface area contributed by atoms with Gasteiger partial charge in [0, 0.05) is 12.2 Å². The van der Waals surface area contributed by atoms with Crippen LogP contribution in [0.3, 0.4) is 0 Å². The summed E-state index contributed by atoms with van der Waals surface area (Å²) in [4.78, 5) is 16.1. The summed E-state index contributed by atoms with van der Waals surface area (Å²) in [6.07, 6.45) is 5.71. The predicted octanol–water partition coefficient (Wildman–Crippen LogP) is 2.72. The Morgan fingerprint density at radius 2 is 2.38 bits per heavy atom. The summed E-state index contributed by atoms with van der Waals surface area (Å²) in [6.45, 7) is 4.14. The zero-order chi connectivity index (χ0) is 12.0. The fourth-order valence-corrected chi connectivity index (χ4v) is 2.08. The van der Waals surface area contributed by atoms with Crippen LogP contribution in [0, 0.1) is 0 Å². The lowest BCUT2D eigenvalue weighted by Crippen LogP contribution is -2.32. The number of hydrogen-bond acceptors (Lipinski definition) is 3. The summed E-state index contributed by atoms with van der Waals surface area (Å²) in [7, 11) is 0. The Morgan fingerprint density at radius 3 is 3.00 bits per heavy atom. The molecule has 88 valence electrons. The Morgan fingerprint density at radius 1 is 1.62 bits per heavy atom. The van der Waals surface area contributed by atoms with E-state index in [4.69, 9.17) is 0 Å². The van der Waals surface area contributed by atoms with Gasteiger partial charge in [0.1, 0.15) is 5.03 Å². The smallest absolute Gasteiger partial charge is 0.254 e. The van der Waals surface area contributed by atoms with Crippen LogP contribution in [0.25, 0.3) is 0 Å². The minimum absolute atomic E-state index is 0.0293. The van der Waals surface area contributed by atoms with Gasteiger partial charge in [-0.05, 0) is 31.7 Å². The second-order valence-electron chi connectivity index (χ2n) is 3.72. The monoisotopic (exact) mass is 238 g/mol. The Hall–Kier alpha value is -1.03. The fourth-order valence-electron chi connectivity index (χ4n) is 1.53. The van der Waals surface area contributed by atoms with E-state index in [1.165, 1.54) is 11.8 Å². The number of carbonyl (C=O) groups excluding carboxylic acids is 1. The second kappa shape index (κ2) is 6.53. The molecule has 0 fully saturated rings. The lowest BCUT2D eigenvalue weighted by atomic mass is 10.2. The highest BCUT2D eigenvalue weighted by atomic mass is 32.2. The maximum absolute atomic E-state index is 11.9. The number of thioether (sulfide) groups is 1. The van der Waals surface area contributed by atoms with Gasteiger partial charge < -0.3 is 5.32 Å². The quantitative estimate of drug-likeness (QED) is 0.802. The summed E-state index contributed by atoms with van der Waals surface area (Å²) >= 11 is 1.49. The molecule has 0 aliphatic rings. The van der Waals surface area contributed by atoms with Gasteiger partial charge in [-0.3, -0.25) is 4.79 Å². The molecule has 1 atom stereocenters. The molecule has 1 aromatic heterocycles. The molecule has 1 aromatic rings.